The lowest BCUT2D eigenvalue weighted by Gasteiger charge is -2.28. The fourth-order valence-electron chi connectivity index (χ4n) is 2.23. The highest BCUT2D eigenvalue weighted by molar-refractivity contribution is 4.78. The van der Waals surface area contributed by atoms with E-state index in [9.17, 15) is 0 Å². The van der Waals surface area contributed by atoms with Crippen LogP contribution in [-0.2, 0) is 4.74 Å². The highest BCUT2D eigenvalue weighted by Gasteiger charge is 2.20. The summed E-state index contributed by atoms with van der Waals surface area (Å²) in [6, 6.07) is 0.593. The molecule has 78 valence electrons. The number of hydrogen-bond acceptors (Lipinski definition) is 2. The first kappa shape index (κ1) is 11.0. The Kier molecular flexibility index (Phi) is 5.40. The van der Waals surface area contributed by atoms with Gasteiger partial charge in [-0.3, -0.25) is 0 Å². The molecule has 2 atom stereocenters. The maximum Gasteiger partial charge on any atom is 0.0724 e. The molecule has 2 heteroatoms. The first-order valence-electron chi connectivity index (χ1n) is 5.64. The third-order valence-electron chi connectivity index (χ3n) is 2.97. The summed E-state index contributed by atoms with van der Waals surface area (Å²) in [5.41, 5.74) is 0. The van der Waals surface area contributed by atoms with Gasteiger partial charge in [0.05, 0.1) is 6.10 Å². The Labute approximate surface area is 82.0 Å². The van der Waals surface area contributed by atoms with Crippen LogP contribution in [0.15, 0.2) is 0 Å². The quantitative estimate of drug-likeness (QED) is 0.728. The molecule has 1 N–H and O–H groups in total. The van der Waals surface area contributed by atoms with Crippen molar-refractivity contribution in [3.8, 4) is 0 Å². The molecule has 0 saturated heterocycles. The zero-order chi connectivity index (χ0) is 9.52. The number of likely N-dealkylation sites (N-methyl/N-ethyl adjacent to an activating group) is 1. The van der Waals surface area contributed by atoms with Gasteiger partial charge in [0.2, 0.25) is 0 Å². The van der Waals surface area contributed by atoms with Crippen LogP contribution in [0.1, 0.15) is 45.4 Å². The summed E-state index contributed by atoms with van der Waals surface area (Å²) in [5.74, 6) is 0. The predicted molar refractivity (Wildman–Crippen MR) is 56.0 cm³/mol. The van der Waals surface area contributed by atoms with Gasteiger partial charge in [-0.25, -0.2) is 0 Å². The van der Waals surface area contributed by atoms with Crippen LogP contribution in [0.3, 0.4) is 0 Å². The van der Waals surface area contributed by atoms with E-state index in [1.807, 2.05) is 7.11 Å². The van der Waals surface area contributed by atoms with E-state index in [1.165, 1.54) is 38.5 Å². The molecule has 0 aromatic carbocycles. The second-order valence-corrected chi connectivity index (χ2v) is 3.93. The van der Waals surface area contributed by atoms with Crippen molar-refractivity contribution in [2.75, 3.05) is 13.7 Å². The summed E-state index contributed by atoms with van der Waals surface area (Å²) >= 11 is 0. The monoisotopic (exact) mass is 185 g/mol. The van der Waals surface area contributed by atoms with Gasteiger partial charge < -0.3 is 10.1 Å². The van der Waals surface area contributed by atoms with Crippen molar-refractivity contribution in [2.45, 2.75) is 57.6 Å². The van der Waals surface area contributed by atoms with Crippen LogP contribution in [0, 0.1) is 0 Å². The van der Waals surface area contributed by atoms with E-state index in [2.05, 4.69) is 12.2 Å². The van der Waals surface area contributed by atoms with E-state index < -0.39 is 0 Å². The minimum atomic E-state index is 0.445. The zero-order valence-electron chi connectivity index (χ0n) is 9.01. The Morgan fingerprint density at radius 2 is 1.85 bits per heavy atom. The second-order valence-electron chi connectivity index (χ2n) is 3.93. The van der Waals surface area contributed by atoms with Crippen molar-refractivity contribution in [3.05, 3.63) is 0 Å². The molecule has 0 aromatic rings. The van der Waals surface area contributed by atoms with E-state index >= 15 is 0 Å². The van der Waals surface area contributed by atoms with Gasteiger partial charge >= 0.3 is 0 Å². The van der Waals surface area contributed by atoms with Crippen LogP contribution < -0.4 is 5.32 Å². The van der Waals surface area contributed by atoms with Crippen LogP contribution in [0.4, 0.5) is 0 Å². The third-order valence-corrected chi connectivity index (χ3v) is 2.97. The summed E-state index contributed by atoms with van der Waals surface area (Å²) in [4.78, 5) is 0. The molecule has 0 amide bonds. The number of hydrogen-bond donors (Lipinski definition) is 1. The maximum absolute atomic E-state index is 5.53. The minimum absolute atomic E-state index is 0.445. The molecule has 1 saturated carbocycles. The minimum Gasteiger partial charge on any atom is -0.380 e. The van der Waals surface area contributed by atoms with Crippen molar-refractivity contribution in [2.24, 2.45) is 0 Å². The van der Waals surface area contributed by atoms with E-state index in [0.717, 1.165) is 6.54 Å². The molecule has 2 nitrogen and oxygen atoms in total. The highest BCUT2D eigenvalue weighted by atomic mass is 16.5. The molecular weight excluding hydrogens is 162 g/mol. The number of rotatable bonds is 3. The van der Waals surface area contributed by atoms with Crippen LogP contribution in [0.25, 0.3) is 0 Å². The summed E-state index contributed by atoms with van der Waals surface area (Å²) < 4.78 is 5.53. The van der Waals surface area contributed by atoms with Gasteiger partial charge in [-0.05, 0) is 19.4 Å². The average Bonchev–Trinajstić information content (AvgIpc) is 2.10. The Balaban J connectivity index is 2.40. The fraction of sp³-hybridized carbons (Fsp3) is 1.00. The summed E-state index contributed by atoms with van der Waals surface area (Å²) in [6.07, 6.45) is 8.44. The lowest BCUT2D eigenvalue weighted by atomic mass is 9.94. The number of methoxy groups -OCH3 is 1. The number of nitrogens with one attached hydrogen (secondary N) is 1. The molecule has 1 rings (SSSR count). The van der Waals surface area contributed by atoms with Gasteiger partial charge in [-0.1, -0.05) is 32.6 Å². The topological polar surface area (TPSA) is 21.3 Å². The smallest absolute Gasteiger partial charge is 0.0724 e. The van der Waals surface area contributed by atoms with Crippen molar-refractivity contribution in [3.63, 3.8) is 0 Å². The molecule has 0 bridgehead atoms. The van der Waals surface area contributed by atoms with Crippen LogP contribution in [-0.4, -0.2) is 25.8 Å². The van der Waals surface area contributed by atoms with Gasteiger partial charge in [-0.15, -0.1) is 0 Å². The predicted octanol–water partition coefficient (Wildman–Crippen LogP) is 2.33. The standard InChI is InChI=1S/C11H23NO/c1-3-12-10-8-6-4-5-7-9-11(10)13-2/h10-12H,3-9H2,1-2H3/t10-,11-/m1/s1. The van der Waals surface area contributed by atoms with Crippen LogP contribution in [0.2, 0.25) is 0 Å². The largest absolute Gasteiger partial charge is 0.380 e. The summed E-state index contributed by atoms with van der Waals surface area (Å²) in [6.45, 7) is 3.23. The Hall–Kier alpha value is -0.0800. The lowest BCUT2D eigenvalue weighted by Crippen LogP contribution is -2.41. The van der Waals surface area contributed by atoms with Gasteiger partial charge in [0.15, 0.2) is 0 Å². The SMILES string of the molecule is CCN[C@@H]1CCCCCC[C@H]1OC. The summed E-state index contributed by atoms with van der Waals surface area (Å²) in [5, 5.41) is 3.53. The molecule has 1 fully saturated rings. The second kappa shape index (κ2) is 6.39. The molecule has 0 aliphatic heterocycles. The van der Waals surface area contributed by atoms with Gasteiger partial charge in [0, 0.05) is 13.2 Å². The molecule has 0 aromatic heterocycles. The number of ether oxygens (including phenoxy) is 1. The van der Waals surface area contributed by atoms with Crippen molar-refractivity contribution in [1.29, 1.82) is 0 Å². The Morgan fingerprint density at radius 1 is 1.15 bits per heavy atom. The first-order chi connectivity index (χ1) is 6.38. The molecular formula is C11H23NO. The highest BCUT2D eigenvalue weighted by Crippen LogP contribution is 2.19. The molecule has 13 heavy (non-hydrogen) atoms. The summed E-state index contributed by atoms with van der Waals surface area (Å²) in [7, 11) is 1.84. The zero-order valence-corrected chi connectivity index (χ0v) is 9.01. The van der Waals surface area contributed by atoms with Crippen LogP contribution >= 0.6 is 0 Å². The molecule has 0 heterocycles. The van der Waals surface area contributed by atoms with Crippen molar-refractivity contribution >= 4 is 0 Å². The normalized spacial score (nSPS) is 30.9. The maximum atomic E-state index is 5.53. The molecule has 1 aliphatic carbocycles. The molecule has 0 unspecified atom stereocenters. The first-order valence-corrected chi connectivity index (χ1v) is 5.64. The van der Waals surface area contributed by atoms with Crippen LogP contribution in [0.5, 0.6) is 0 Å². The average molecular weight is 185 g/mol. The van der Waals surface area contributed by atoms with E-state index in [1.54, 1.807) is 0 Å². The van der Waals surface area contributed by atoms with Crippen molar-refractivity contribution < 1.29 is 4.74 Å². The molecule has 0 spiro atoms. The van der Waals surface area contributed by atoms with E-state index in [0.29, 0.717) is 12.1 Å². The Bertz CT molecular complexity index is 127. The lowest BCUT2D eigenvalue weighted by molar-refractivity contribution is 0.0524. The Morgan fingerprint density at radius 3 is 2.46 bits per heavy atom. The van der Waals surface area contributed by atoms with E-state index in [-0.39, 0.29) is 0 Å². The van der Waals surface area contributed by atoms with E-state index in [4.69, 9.17) is 4.74 Å². The molecule has 0 radical (unpaired) electrons. The van der Waals surface area contributed by atoms with Crippen molar-refractivity contribution in [1.82, 2.24) is 5.32 Å². The van der Waals surface area contributed by atoms with Gasteiger partial charge in [-0.2, -0.15) is 0 Å². The van der Waals surface area contributed by atoms with Gasteiger partial charge in [0.25, 0.3) is 0 Å². The third kappa shape index (κ3) is 3.65. The fourth-order valence-corrected chi connectivity index (χ4v) is 2.23. The molecule has 1 aliphatic rings. The van der Waals surface area contributed by atoms with Gasteiger partial charge in [0.1, 0.15) is 0 Å².